The van der Waals surface area contributed by atoms with Gasteiger partial charge < -0.3 is 23.5 Å². The molecule has 0 spiro atoms. The first-order valence-corrected chi connectivity index (χ1v) is 9.98. The molecule has 2 N–H and O–H groups in total. The van der Waals surface area contributed by atoms with E-state index in [4.69, 9.17) is 8.83 Å². The van der Waals surface area contributed by atoms with Gasteiger partial charge in [-0.05, 0) is 42.0 Å². The van der Waals surface area contributed by atoms with Gasteiger partial charge in [-0.1, -0.05) is 6.07 Å². The van der Waals surface area contributed by atoms with Crippen LogP contribution in [-0.4, -0.2) is 25.6 Å². The lowest BCUT2D eigenvalue weighted by Gasteiger charge is -2.09. The minimum absolute atomic E-state index is 0.0885. The molecule has 6 aromatic rings. The van der Waals surface area contributed by atoms with E-state index in [1.807, 2.05) is 0 Å². The summed E-state index contributed by atoms with van der Waals surface area (Å²) in [5.74, 6) is -1.81. The van der Waals surface area contributed by atoms with E-state index >= 15 is 0 Å². The minimum atomic E-state index is -1.26. The molecule has 0 saturated heterocycles. The number of hydrogen-bond acceptors (Lipinski definition) is 5. The molecule has 0 unspecified atom stereocenters. The van der Waals surface area contributed by atoms with Crippen molar-refractivity contribution in [2.45, 2.75) is 6.54 Å². The SMILES string of the molecule is O=C(O)c1c(-c2ccc[nH]c2=O)c2c3occc3c(F)cc2n1Cc1ccc2ncoc2c1. The Morgan fingerprint density at radius 3 is 2.88 bits per heavy atom. The van der Waals surface area contributed by atoms with Crippen molar-refractivity contribution in [3.8, 4) is 11.1 Å². The zero-order chi connectivity index (χ0) is 22.7. The van der Waals surface area contributed by atoms with Gasteiger partial charge in [0.05, 0.1) is 28.1 Å². The summed E-state index contributed by atoms with van der Waals surface area (Å²) < 4.78 is 27.4. The number of aromatic amines is 1. The highest BCUT2D eigenvalue weighted by molar-refractivity contribution is 6.17. The lowest BCUT2D eigenvalue weighted by Crippen LogP contribution is -2.13. The first-order valence-electron chi connectivity index (χ1n) is 9.98. The van der Waals surface area contributed by atoms with E-state index in [1.165, 1.54) is 41.6 Å². The Bertz CT molecular complexity index is 1770. The maximum atomic E-state index is 14.9. The highest BCUT2D eigenvalue weighted by atomic mass is 19.1. The molecule has 6 rings (SSSR count). The molecule has 0 radical (unpaired) electrons. The molecule has 0 aliphatic carbocycles. The second kappa shape index (κ2) is 6.92. The van der Waals surface area contributed by atoms with Gasteiger partial charge in [-0.25, -0.2) is 14.2 Å². The highest BCUT2D eigenvalue weighted by Crippen LogP contribution is 2.40. The first-order chi connectivity index (χ1) is 16.0. The van der Waals surface area contributed by atoms with E-state index in [2.05, 4.69) is 9.97 Å². The average Bonchev–Trinajstić information content (AvgIpc) is 3.52. The van der Waals surface area contributed by atoms with Crippen LogP contribution in [0.5, 0.6) is 0 Å². The third-order valence-electron chi connectivity index (χ3n) is 5.74. The summed E-state index contributed by atoms with van der Waals surface area (Å²) in [6.07, 6.45) is 4.12. The van der Waals surface area contributed by atoms with Crippen molar-refractivity contribution in [3.63, 3.8) is 0 Å². The van der Waals surface area contributed by atoms with Gasteiger partial charge in [0.1, 0.15) is 22.6 Å². The summed E-state index contributed by atoms with van der Waals surface area (Å²) in [4.78, 5) is 31.9. The number of halogens is 1. The molecule has 4 heterocycles. The Morgan fingerprint density at radius 1 is 1.18 bits per heavy atom. The average molecular weight is 443 g/mol. The predicted molar refractivity (Wildman–Crippen MR) is 118 cm³/mol. The number of nitrogens with one attached hydrogen (secondary N) is 1. The number of furan rings is 1. The number of benzene rings is 2. The van der Waals surface area contributed by atoms with Gasteiger partial charge >= 0.3 is 5.97 Å². The number of aromatic carboxylic acids is 1. The van der Waals surface area contributed by atoms with Gasteiger partial charge in [-0.3, -0.25) is 4.79 Å². The fourth-order valence-corrected chi connectivity index (χ4v) is 4.35. The number of carbonyl (C=O) groups is 1. The summed E-state index contributed by atoms with van der Waals surface area (Å²) in [7, 11) is 0. The van der Waals surface area contributed by atoms with Crippen molar-refractivity contribution in [3.05, 3.63) is 88.7 Å². The van der Waals surface area contributed by atoms with Crippen LogP contribution in [0.4, 0.5) is 4.39 Å². The van der Waals surface area contributed by atoms with Crippen molar-refractivity contribution in [1.29, 1.82) is 0 Å². The smallest absolute Gasteiger partial charge is 0.353 e. The Morgan fingerprint density at radius 2 is 2.06 bits per heavy atom. The fraction of sp³-hybridized carbons (Fsp3) is 0.0417. The van der Waals surface area contributed by atoms with Gasteiger partial charge in [0.2, 0.25) is 0 Å². The number of pyridine rings is 1. The van der Waals surface area contributed by atoms with E-state index in [0.717, 1.165) is 0 Å². The van der Waals surface area contributed by atoms with Gasteiger partial charge in [0.15, 0.2) is 12.0 Å². The molecule has 9 heteroatoms. The van der Waals surface area contributed by atoms with E-state index < -0.39 is 17.3 Å². The standard InChI is InChI=1S/C24H14FN3O5/c25-15-9-17-20(22-13(15)5-7-32-22)19(14-2-1-6-26-23(14)29)21(24(30)31)28(17)10-12-3-4-16-18(8-12)33-11-27-16/h1-9,11H,10H2,(H,26,29)(H,30,31). The number of nitrogens with zero attached hydrogens (tertiary/aromatic N) is 2. The number of fused-ring (bicyclic) bond motifs is 4. The number of carboxylic acids is 1. The van der Waals surface area contributed by atoms with Gasteiger partial charge in [-0.15, -0.1) is 0 Å². The fourth-order valence-electron chi connectivity index (χ4n) is 4.35. The monoisotopic (exact) mass is 443 g/mol. The number of rotatable bonds is 4. The summed E-state index contributed by atoms with van der Waals surface area (Å²) in [5.41, 5.74) is 2.09. The van der Waals surface area contributed by atoms with E-state index in [1.54, 1.807) is 24.3 Å². The molecule has 162 valence electrons. The lowest BCUT2D eigenvalue weighted by molar-refractivity contribution is 0.0687. The molecule has 0 fully saturated rings. The van der Waals surface area contributed by atoms with Gasteiger partial charge in [0, 0.05) is 18.3 Å². The van der Waals surface area contributed by atoms with Crippen LogP contribution < -0.4 is 5.56 Å². The second-order valence-electron chi connectivity index (χ2n) is 7.60. The van der Waals surface area contributed by atoms with Crippen LogP contribution in [0.25, 0.3) is 44.1 Å². The van der Waals surface area contributed by atoms with E-state index in [0.29, 0.717) is 27.6 Å². The Labute approximate surface area is 183 Å². The molecule has 0 saturated carbocycles. The molecule has 2 aromatic carbocycles. The summed E-state index contributed by atoms with van der Waals surface area (Å²) >= 11 is 0. The summed E-state index contributed by atoms with van der Waals surface area (Å²) in [6, 6.07) is 11.2. The lowest BCUT2D eigenvalue weighted by atomic mass is 10.0. The molecule has 8 nitrogen and oxygen atoms in total. The topological polar surface area (TPSA) is 114 Å². The van der Waals surface area contributed by atoms with Crippen molar-refractivity contribution in [2.24, 2.45) is 0 Å². The highest BCUT2D eigenvalue weighted by Gasteiger charge is 2.28. The minimum Gasteiger partial charge on any atom is -0.477 e. The van der Waals surface area contributed by atoms with E-state index in [-0.39, 0.29) is 34.3 Å². The zero-order valence-electron chi connectivity index (χ0n) is 16.8. The van der Waals surface area contributed by atoms with Crippen LogP contribution in [0.2, 0.25) is 0 Å². The maximum absolute atomic E-state index is 14.9. The van der Waals surface area contributed by atoms with Crippen LogP contribution >= 0.6 is 0 Å². The van der Waals surface area contributed by atoms with Crippen LogP contribution in [0.1, 0.15) is 16.1 Å². The Hall–Kier alpha value is -4.66. The quantitative estimate of drug-likeness (QED) is 0.406. The van der Waals surface area contributed by atoms with Gasteiger partial charge in [-0.2, -0.15) is 0 Å². The molecule has 33 heavy (non-hydrogen) atoms. The first kappa shape index (κ1) is 19.1. The number of oxazole rings is 1. The Kier molecular flexibility index (Phi) is 4.00. The van der Waals surface area contributed by atoms with Crippen molar-refractivity contribution >= 4 is 38.9 Å². The molecular formula is C24H14FN3O5. The molecule has 0 amide bonds. The molecule has 0 aliphatic heterocycles. The predicted octanol–water partition coefficient (Wildman–Crippen LogP) is 4.77. The van der Waals surface area contributed by atoms with Crippen molar-refractivity contribution in [1.82, 2.24) is 14.5 Å². The largest absolute Gasteiger partial charge is 0.477 e. The number of aromatic nitrogens is 3. The second-order valence-corrected chi connectivity index (χ2v) is 7.60. The third kappa shape index (κ3) is 2.79. The zero-order valence-corrected chi connectivity index (χ0v) is 16.8. The molecule has 0 aliphatic rings. The van der Waals surface area contributed by atoms with Crippen LogP contribution in [0.3, 0.4) is 0 Å². The molecule has 0 atom stereocenters. The number of H-pyrrole nitrogens is 1. The third-order valence-corrected chi connectivity index (χ3v) is 5.74. The molecule has 0 bridgehead atoms. The van der Waals surface area contributed by atoms with E-state index in [9.17, 15) is 19.1 Å². The van der Waals surface area contributed by atoms with Gasteiger partial charge in [0.25, 0.3) is 5.56 Å². The van der Waals surface area contributed by atoms with Crippen LogP contribution in [0.15, 0.2) is 74.9 Å². The molecule has 4 aromatic heterocycles. The molecular weight excluding hydrogens is 429 g/mol. The van der Waals surface area contributed by atoms with Crippen molar-refractivity contribution in [2.75, 3.05) is 0 Å². The summed E-state index contributed by atoms with van der Waals surface area (Å²) in [5, 5.41) is 10.8. The number of carboxylic acid groups (broad SMARTS) is 1. The van der Waals surface area contributed by atoms with Crippen molar-refractivity contribution < 1.29 is 23.1 Å². The Balaban J connectivity index is 1.74. The summed E-state index contributed by atoms with van der Waals surface area (Å²) in [6.45, 7) is 0.0885. The number of hydrogen-bond donors (Lipinski definition) is 2. The van der Waals surface area contributed by atoms with Crippen LogP contribution in [-0.2, 0) is 6.54 Å². The normalized spacial score (nSPS) is 11.7. The van der Waals surface area contributed by atoms with Crippen LogP contribution in [0, 0.1) is 5.82 Å². The maximum Gasteiger partial charge on any atom is 0.353 e.